The Morgan fingerprint density at radius 2 is 1.32 bits per heavy atom. The van der Waals surface area contributed by atoms with E-state index in [9.17, 15) is 5.11 Å². The molecule has 0 saturated heterocycles. The van der Waals surface area contributed by atoms with Crippen LogP contribution in [-0.2, 0) is 0 Å². The molecular formula is C21H42O. The summed E-state index contributed by atoms with van der Waals surface area (Å²) >= 11 is 0. The molecule has 1 nitrogen and oxygen atoms in total. The molecule has 1 aliphatic carbocycles. The van der Waals surface area contributed by atoms with Crippen LogP contribution in [0.5, 0.6) is 0 Å². The van der Waals surface area contributed by atoms with Crippen molar-refractivity contribution in [3.63, 3.8) is 0 Å². The highest BCUT2D eigenvalue weighted by Gasteiger charge is 2.18. The minimum atomic E-state index is 0.425. The zero-order chi connectivity index (χ0) is 15.9. The first-order chi connectivity index (χ1) is 10.9. The van der Waals surface area contributed by atoms with Crippen LogP contribution in [0, 0.1) is 11.8 Å². The summed E-state index contributed by atoms with van der Waals surface area (Å²) in [5.41, 5.74) is 0. The van der Waals surface area contributed by atoms with E-state index in [0.717, 1.165) is 5.92 Å². The second-order valence-corrected chi connectivity index (χ2v) is 7.76. The third kappa shape index (κ3) is 10.6. The molecular weight excluding hydrogens is 268 g/mol. The minimum absolute atomic E-state index is 0.425. The fourth-order valence-electron chi connectivity index (χ4n) is 4.10. The third-order valence-corrected chi connectivity index (χ3v) is 5.62. The summed E-state index contributed by atoms with van der Waals surface area (Å²) in [6.45, 7) is 2.71. The Hall–Kier alpha value is -0.0400. The molecule has 0 spiro atoms. The molecule has 1 rings (SSSR count). The molecule has 0 amide bonds. The van der Waals surface area contributed by atoms with Crippen LogP contribution in [0.1, 0.15) is 116 Å². The maximum atomic E-state index is 9.60. The van der Waals surface area contributed by atoms with Crippen LogP contribution in [-0.4, -0.2) is 11.7 Å². The van der Waals surface area contributed by atoms with Gasteiger partial charge in [0, 0.05) is 6.61 Å². The molecule has 132 valence electrons. The van der Waals surface area contributed by atoms with Crippen molar-refractivity contribution >= 4 is 0 Å². The van der Waals surface area contributed by atoms with Crippen molar-refractivity contribution in [3.05, 3.63) is 0 Å². The van der Waals surface area contributed by atoms with E-state index in [1.54, 1.807) is 0 Å². The maximum Gasteiger partial charge on any atom is 0.0459 e. The van der Waals surface area contributed by atoms with E-state index < -0.39 is 0 Å². The second kappa shape index (κ2) is 14.5. The van der Waals surface area contributed by atoms with Gasteiger partial charge < -0.3 is 5.11 Å². The summed E-state index contributed by atoms with van der Waals surface area (Å²) in [6.07, 6.45) is 23.8. The standard InChI is InChI=1S/C21H42O/c1-2-3-4-5-6-7-8-9-10-12-17-21(19-22)18-20-15-13-11-14-16-20/h20-22H,2-19H2,1H3. The summed E-state index contributed by atoms with van der Waals surface area (Å²) in [4.78, 5) is 0. The molecule has 0 radical (unpaired) electrons. The van der Waals surface area contributed by atoms with Gasteiger partial charge in [-0.25, -0.2) is 0 Å². The van der Waals surface area contributed by atoms with Gasteiger partial charge >= 0.3 is 0 Å². The summed E-state index contributed by atoms with van der Waals surface area (Å²) in [5, 5.41) is 9.60. The quantitative estimate of drug-likeness (QED) is 0.347. The predicted molar refractivity (Wildman–Crippen MR) is 98.2 cm³/mol. The number of hydrogen-bond acceptors (Lipinski definition) is 1. The average molecular weight is 311 g/mol. The highest BCUT2D eigenvalue weighted by Crippen LogP contribution is 2.30. The lowest BCUT2D eigenvalue weighted by molar-refractivity contribution is 0.175. The molecule has 1 atom stereocenters. The fourth-order valence-corrected chi connectivity index (χ4v) is 4.10. The number of aliphatic hydroxyl groups excluding tert-OH is 1. The van der Waals surface area contributed by atoms with Crippen molar-refractivity contribution in [1.82, 2.24) is 0 Å². The molecule has 1 unspecified atom stereocenters. The third-order valence-electron chi connectivity index (χ3n) is 5.62. The van der Waals surface area contributed by atoms with Gasteiger partial charge in [0.15, 0.2) is 0 Å². The SMILES string of the molecule is CCCCCCCCCCCCC(CO)CC1CCCCC1. The number of hydrogen-bond donors (Lipinski definition) is 1. The van der Waals surface area contributed by atoms with E-state index in [1.807, 2.05) is 0 Å². The molecule has 0 aliphatic heterocycles. The molecule has 1 saturated carbocycles. The fraction of sp³-hybridized carbons (Fsp3) is 1.00. The average Bonchev–Trinajstić information content (AvgIpc) is 2.56. The lowest BCUT2D eigenvalue weighted by atomic mass is 9.81. The van der Waals surface area contributed by atoms with Gasteiger partial charge in [0.25, 0.3) is 0 Å². The van der Waals surface area contributed by atoms with Crippen LogP contribution in [0.25, 0.3) is 0 Å². The smallest absolute Gasteiger partial charge is 0.0459 e. The molecule has 1 aliphatic rings. The molecule has 0 aromatic rings. The Kier molecular flexibility index (Phi) is 13.2. The number of aliphatic hydroxyl groups is 1. The van der Waals surface area contributed by atoms with Gasteiger partial charge in [0.2, 0.25) is 0 Å². The molecule has 0 aromatic carbocycles. The predicted octanol–water partition coefficient (Wildman–Crippen LogP) is 6.88. The van der Waals surface area contributed by atoms with E-state index in [2.05, 4.69) is 6.92 Å². The van der Waals surface area contributed by atoms with Crippen LogP contribution in [0.2, 0.25) is 0 Å². The Bertz CT molecular complexity index is 220. The molecule has 0 bridgehead atoms. The van der Waals surface area contributed by atoms with Gasteiger partial charge in [-0.05, 0) is 24.7 Å². The lowest BCUT2D eigenvalue weighted by Gasteiger charge is -2.25. The molecule has 0 heterocycles. The molecule has 1 N–H and O–H groups in total. The number of unbranched alkanes of at least 4 members (excludes halogenated alkanes) is 9. The van der Waals surface area contributed by atoms with Crippen molar-refractivity contribution in [3.8, 4) is 0 Å². The van der Waals surface area contributed by atoms with Crippen molar-refractivity contribution in [2.75, 3.05) is 6.61 Å². The molecule has 1 heteroatoms. The Balaban J connectivity index is 1.89. The monoisotopic (exact) mass is 310 g/mol. The minimum Gasteiger partial charge on any atom is -0.396 e. The normalized spacial score (nSPS) is 17.7. The van der Waals surface area contributed by atoms with Crippen LogP contribution in [0.4, 0.5) is 0 Å². The van der Waals surface area contributed by atoms with E-state index in [4.69, 9.17) is 0 Å². The van der Waals surface area contributed by atoms with Crippen LogP contribution in [0.3, 0.4) is 0 Å². The molecule has 22 heavy (non-hydrogen) atoms. The van der Waals surface area contributed by atoms with Crippen LogP contribution in [0.15, 0.2) is 0 Å². The first-order valence-corrected chi connectivity index (χ1v) is 10.5. The van der Waals surface area contributed by atoms with Gasteiger partial charge in [-0.15, -0.1) is 0 Å². The van der Waals surface area contributed by atoms with Gasteiger partial charge in [0.05, 0.1) is 0 Å². The highest BCUT2D eigenvalue weighted by atomic mass is 16.3. The van der Waals surface area contributed by atoms with Crippen molar-refractivity contribution in [2.45, 2.75) is 116 Å². The molecule has 1 fully saturated rings. The largest absolute Gasteiger partial charge is 0.396 e. The van der Waals surface area contributed by atoms with Gasteiger partial charge in [-0.3, -0.25) is 0 Å². The van der Waals surface area contributed by atoms with Gasteiger partial charge in [-0.2, -0.15) is 0 Å². The number of rotatable bonds is 14. The molecule has 0 aromatic heterocycles. The van der Waals surface area contributed by atoms with E-state index >= 15 is 0 Å². The lowest BCUT2D eigenvalue weighted by Crippen LogP contribution is -2.15. The van der Waals surface area contributed by atoms with Gasteiger partial charge in [-0.1, -0.05) is 103 Å². The Labute approximate surface area is 140 Å². The van der Waals surface area contributed by atoms with Crippen molar-refractivity contribution < 1.29 is 5.11 Å². The van der Waals surface area contributed by atoms with Crippen LogP contribution < -0.4 is 0 Å². The first kappa shape index (κ1) is 20.0. The summed E-state index contributed by atoms with van der Waals surface area (Å²) in [5.74, 6) is 1.52. The van der Waals surface area contributed by atoms with Crippen LogP contribution >= 0.6 is 0 Å². The maximum absolute atomic E-state index is 9.60. The van der Waals surface area contributed by atoms with E-state index in [0.29, 0.717) is 12.5 Å². The highest BCUT2D eigenvalue weighted by molar-refractivity contribution is 4.70. The zero-order valence-electron chi connectivity index (χ0n) is 15.3. The Morgan fingerprint density at radius 3 is 1.86 bits per heavy atom. The van der Waals surface area contributed by atoms with Crippen molar-refractivity contribution in [1.29, 1.82) is 0 Å². The van der Waals surface area contributed by atoms with E-state index in [1.165, 1.54) is 109 Å². The topological polar surface area (TPSA) is 20.2 Å². The second-order valence-electron chi connectivity index (χ2n) is 7.76. The summed E-state index contributed by atoms with van der Waals surface area (Å²) < 4.78 is 0. The zero-order valence-corrected chi connectivity index (χ0v) is 15.3. The summed E-state index contributed by atoms with van der Waals surface area (Å²) in [7, 11) is 0. The van der Waals surface area contributed by atoms with E-state index in [-0.39, 0.29) is 0 Å². The first-order valence-electron chi connectivity index (χ1n) is 10.5. The Morgan fingerprint density at radius 1 is 0.773 bits per heavy atom. The van der Waals surface area contributed by atoms with Gasteiger partial charge in [0.1, 0.15) is 0 Å². The summed E-state index contributed by atoms with van der Waals surface area (Å²) in [6, 6.07) is 0. The van der Waals surface area contributed by atoms with Crippen molar-refractivity contribution in [2.24, 2.45) is 11.8 Å².